The summed E-state index contributed by atoms with van der Waals surface area (Å²) in [5, 5.41) is 10.9. The van der Waals surface area contributed by atoms with Gasteiger partial charge >= 0.3 is 0 Å². The molecule has 17 heavy (non-hydrogen) atoms. The van der Waals surface area contributed by atoms with Crippen molar-refractivity contribution in [2.75, 3.05) is 18.0 Å². The second kappa shape index (κ2) is 3.92. The monoisotopic (exact) mass is 249 g/mol. The maximum absolute atomic E-state index is 9.92. The summed E-state index contributed by atoms with van der Waals surface area (Å²) in [5.74, 6) is 0. The van der Waals surface area contributed by atoms with Gasteiger partial charge in [0.1, 0.15) is 0 Å². The highest BCUT2D eigenvalue weighted by Crippen LogP contribution is 2.31. The third-order valence-corrected chi connectivity index (χ3v) is 4.34. The zero-order valence-corrected chi connectivity index (χ0v) is 10.6. The predicted octanol–water partition coefficient (Wildman–Crippen LogP) is 2.04. The van der Waals surface area contributed by atoms with Crippen molar-refractivity contribution in [3.8, 4) is 0 Å². The molecule has 2 aromatic heterocycles. The van der Waals surface area contributed by atoms with Gasteiger partial charge in [0.25, 0.3) is 0 Å². The summed E-state index contributed by atoms with van der Waals surface area (Å²) in [4.78, 5) is 11.0. The highest BCUT2D eigenvalue weighted by molar-refractivity contribution is 7.22. The van der Waals surface area contributed by atoms with Gasteiger partial charge in [-0.1, -0.05) is 11.3 Å². The molecule has 0 bridgehead atoms. The Morgan fingerprint density at radius 1 is 1.41 bits per heavy atom. The molecular weight excluding hydrogens is 234 g/mol. The molecule has 0 spiro atoms. The van der Waals surface area contributed by atoms with Crippen LogP contribution >= 0.6 is 11.3 Å². The molecule has 4 nitrogen and oxygen atoms in total. The number of hydrogen-bond donors (Lipinski definition) is 1. The Bertz CT molecular complexity index is 494. The van der Waals surface area contributed by atoms with Gasteiger partial charge in [-0.2, -0.15) is 4.98 Å². The van der Waals surface area contributed by atoms with Crippen molar-refractivity contribution in [2.45, 2.75) is 25.4 Å². The van der Waals surface area contributed by atoms with Crippen LogP contribution in [0.25, 0.3) is 10.3 Å². The third-order valence-electron chi connectivity index (χ3n) is 3.26. The summed E-state index contributed by atoms with van der Waals surface area (Å²) >= 11 is 1.67. The Morgan fingerprint density at radius 2 is 2.18 bits per heavy atom. The number of rotatable bonds is 1. The van der Waals surface area contributed by atoms with Gasteiger partial charge in [-0.3, -0.25) is 0 Å². The van der Waals surface area contributed by atoms with E-state index in [1.807, 2.05) is 19.1 Å². The molecule has 1 fully saturated rings. The molecule has 5 heteroatoms. The lowest BCUT2D eigenvalue weighted by atomic mass is 9.94. The number of hydrogen-bond acceptors (Lipinski definition) is 5. The Labute approximate surface area is 104 Å². The number of fused-ring (bicyclic) bond motifs is 1. The van der Waals surface area contributed by atoms with E-state index in [2.05, 4.69) is 14.9 Å². The van der Waals surface area contributed by atoms with E-state index in [-0.39, 0.29) is 0 Å². The lowest BCUT2D eigenvalue weighted by Crippen LogP contribution is -2.42. The molecule has 1 aliphatic rings. The first-order chi connectivity index (χ1) is 8.14. The summed E-state index contributed by atoms with van der Waals surface area (Å²) in [5.41, 5.74) is 0.315. The normalized spacial score (nSPS) is 19.8. The standard InChI is InChI=1S/C12H15N3OS/c1-12(16)4-7-15(8-5-12)11-14-10-9(17-11)3-2-6-13-10/h2-3,6,16H,4-5,7-8H2,1H3. The van der Waals surface area contributed by atoms with E-state index in [1.165, 1.54) is 0 Å². The van der Waals surface area contributed by atoms with E-state index in [4.69, 9.17) is 0 Å². The van der Waals surface area contributed by atoms with Crippen LogP contribution < -0.4 is 4.90 Å². The summed E-state index contributed by atoms with van der Waals surface area (Å²) < 4.78 is 1.12. The minimum atomic E-state index is -0.508. The van der Waals surface area contributed by atoms with E-state index in [1.54, 1.807) is 17.5 Å². The second-order valence-electron chi connectivity index (χ2n) is 4.81. The molecular formula is C12H15N3OS. The Kier molecular flexibility index (Phi) is 2.52. The van der Waals surface area contributed by atoms with Gasteiger partial charge in [0, 0.05) is 19.3 Å². The SMILES string of the molecule is CC1(O)CCN(c2nc3ncccc3s2)CC1. The molecule has 0 aliphatic carbocycles. The first-order valence-electron chi connectivity index (χ1n) is 5.83. The zero-order valence-electron chi connectivity index (χ0n) is 9.76. The number of anilines is 1. The van der Waals surface area contributed by atoms with E-state index in [9.17, 15) is 5.11 Å². The van der Waals surface area contributed by atoms with E-state index in [0.717, 1.165) is 41.4 Å². The maximum Gasteiger partial charge on any atom is 0.188 e. The van der Waals surface area contributed by atoms with Crippen LogP contribution in [0.15, 0.2) is 18.3 Å². The minimum absolute atomic E-state index is 0.508. The van der Waals surface area contributed by atoms with E-state index < -0.39 is 5.60 Å². The fourth-order valence-electron chi connectivity index (χ4n) is 2.07. The van der Waals surface area contributed by atoms with Gasteiger partial charge < -0.3 is 10.0 Å². The largest absolute Gasteiger partial charge is 0.390 e. The number of aliphatic hydroxyl groups is 1. The number of thiazole rings is 1. The molecule has 0 radical (unpaired) electrons. The van der Waals surface area contributed by atoms with Crippen LogP contribution in [0.4, 0.5) is 5.13 Å². The van der Waals surface area contributed by atoms with Crippen LogP contribution in [-0.4, -0.2) is 33.8 Å². The van der Waals surface area contributed by atoms with Gasteiger partial charge in [-0.15, -0.1) is 0 Å². The summed E-state index contributed by atoms with van der Waals surface area (Å²) in [7, 11) is 0. The van der Waals surface area contributed by atoms with Crippen molar-refractivity contribution < 1.29 is 5.11 Å². The average Bonchev–Trinajstić information content (AvgIpc) is 2.72. The predicted molar refractivity (Wildman–Crippen MR) is 69.5 cm³/mol. The Hall–Kier alpha value is -1.20. The molecule has 3 heterocycles. The summed E-state index contributed by atoms with van der Waals surface area (Å²) in [6.07, 6.45) is 3.37. The number of aromatic nitrogens is 2. The lowest BCUT2D eigenvalue weighted by molar-refractivity contribution is 0.0351. The van der Waals surface area contributed by atoms with Crippen molar-refractivity contribution >= 4 is 26.8 Å². The molecule has 90 valence electrons. The maximum atomic E-state index is 9.92. The number of nitrogens with zero attached hydrogens (tertiary/aromatic N) is 3. The molecule has 0 saturated carbocycles. The van der Waals surface area contributed by atoms with Crippen molar-refractivity contribution in [3.63, 3.8) is 0 Å². The smallest absolute Gasteiger partial charge is 0.188 e. The average molecular weight is 249 g/mol. The van der Waals surface area contributed by atoms with Crippen LogP contribution in [0.5, 0.6) is 0 Å². The fraction of sp³-hybridized carbons (Fsp3) is 0.500. The topological polar surface area (TPSA) is 49.2 Å². The van der Waals surface area contributed by atoms with Gasteiger partial charge in [0.05, 0.1) is 10.3 Å². The Balaban J connectivity index is 1.85. The van der Waals surface area contributed by atoms with Gasteiger partial charge in [-0.25, -0.2) is 4.98 Å². The highest BCUT2D eigenvalue weighted by Gasteiger charge is 2.28. The second-order valence-corrected chi connectivity index (χ2v) is 5.81. The summed E-state index contributed by atoms with van der Waals surface area (Å²) in [6, 6.07) is 3.98. The first kappa shape index (κ1) is 10.9. The molecule has 3 rings (SSSR count). The molecule has 1 N–H and O–H groups in total. The van der Waals surface area contributed by atoms with Crippen LogP contribution in [-0.2, 0) is 0 Å². The zero-order chi connectivity index (χ0) is 11.9. The molecule has 2 aromatic rings. The van der Waals surface area contributed by atoms with Crippen LogP contribution in [0.2, 0.25) is 0 Å². The number of piperidine rings is 1. The lowest BCUT2D eigenvalue weighted by Gasteiger charge is -2.35. The molecule has 1 aliphatic heterocycles. The van der Waals surface area contributed by atoms with Crippen molar-refractivity contribution in [3.05, 3.63) is 18.3 Å². The third kappa shape index (κ3) is 2.12. The highest BCUT2D eigenvalue weighted by atomic mass is 32.1. The quantitative estimate of drug-likeness (QED) is 0.840. The van der Waals surface area contributed by atoms with Gasteiger partial charge in [0.2, 0.25) is 0 Å². The summed E-state index contributed by atoms with van der Waals surface area (Å²) in [6.45, 7) is 3.64. The number of pyridine rings is 1. The molecule has 1 saturated heterocycles. The first-order valence-corrected chi connectivity index (χ1v) is 6.65. The van der Waals surface area contributed by atoms with Crippen molar-refractivity contribution in [2.24, 2.45) is 0 Å². The fourth-order valence-corrected chi connectivity index (χ4v) is 3.05. The van der Waals surface area contributed by atoms with Crippen LogP contribution in [0.1, 0.15) is 19.8 Å². The van der Waals surface area contributed by atoms with Gasteiger partial charge in [0.15, 0.2) is 10.8 Å². The van der Waals surface area contributed by atoms with E-state index >= 15 is 0 Å². The molecule has 0 atom stereocenters. The van der Waals surface area contributed by atoms with Crippen molar-refractivity contribution in [1.82, 2.24) is 9.97 Å². The molecule has 0 amide bonds. The minimum Gasteiger partial charge on any atom is -0.390 e. The molecule has 0 unspecified atom stereocenters. The van der Waals surface area contributed by atoms with Crippen LogP contribution in [0, 0.1) is 0 Å². The van der Waals surface area contributed by atoms with Gasteiger partial charge in [-0.05, 0) is 31.9 Å². The van der Waals surface area contributed by atoms with Crippen LogP contribution in [0.3, 0.4) is 0 Å². The van der Waals surface area contributed by atoms with Crippen molar-refractivity contribution in [1.29, 1.82) is 0 Å². The Morgan fingerprint density at radius 3 is 2.88 bits per heavy atom. The van der Waals surface area contributed by atoms with E-state index in [0.29, 0.717) is 0 Å². The molecule has 0 aromatic carbocycles.